The molecule has 1 heterocycles. The monoisotopic (exact) mass is 418 g/mol. The number of allylic oxidation sites excluding steroid dienone is 5. The van der Waals surface area contributed by atoms with Gasteiger partial charge in [0.15, 0.2) is 5.76 Å². The number of fused-ring (bicyclic) bond motifs is 2. The van der Waals surface area contributed by atoms with E-state index < -0.39 is 17.1 Å². The topological polar surface area (TPSA) is 90.3 Å². The van der Waals surface area contributed by atoms with Crippen LogP contribution in [0.4, 0.5) is 0 Å². The molecule has 3 N–H and O–H groups in total. The molecule has 3 rings (SSSR count). The van der Waals surface area contributed by atoms with Crippen LogP contribution < -0.4 is 0 Å². The number of hydrogen-bond acceptors (Lipinski definition) is 5. The van der Waals surface area contributed by atoms with Crippen molar-refractivity contribution in [3.05, 3.63) is 34.6 Å². The fourth-order valence-corrected chi connectivity index (χ4v) is 5.21. The second kappa shape index (κ2) is 8.60. The standard InChI is InChI=1S/C25H38O5/c1-15-7-6-8-16(2)11-12-24(4)18(21(17(3)14-26)22(28)23(24)29)13-20-25(5,30-20)19(27)10-9-15/h7,11,17-20,26-28H,6,8-10,12-14H2,1-5H3/b15-7+,16-11+/t17-,18-,19+,20-,24+,25-/m1/s1. The first-order valence-electron chi connectivity index (χ1n) is 11.3. The van der Waals surface area contributed by atoms with Crippen LogP contribution in [0, 0.1) is 17.3 Å². The van der Waals surface area contributed by atoms with Gasteiger partial charge >= 0.3 is 0 Å². The summed E-state index contributed by atoms with van der Waals surface area (Å²) in [6.45, 7) is 9.79. The lowest BCUT2D eigenvalue weighted by molar-refractivity contribution is -0.126. The van der Waals surface area contributed by atoms with Crippen LogP contribution in [0.5, 0.6) is 0 Å². The Balaban J connectivity index is 1.97. The van der Waals surface area contributed by atoms with Gasteiger partial charge in [0.25, 0.3) is 0 Å². The lowest BCUT2D eigenvalue weighted by atomic mass is 9.69. The predicted octanol–water partition coefficient (Wildman–Crippen LogP) is 4.40. The van der Waals surface area contributed by atoms with Crippen LogP contribution in [0.3, 0.4) is 0 Å². The van der Waals surface area contributed by atoms with Crippen LogP contribution in [-0.4, -0.2) is 45.5 Å². The van der Waals surface area contributed by atoms with Gasteiger partial charge in [0, 0.05) is 17.9 Å². The first-order valence-corrected chi connectivity index (χ1v) is 11.3. The molecule has 1 aliphatic heterocycles. The molecule has 30 heavy (non-hydrogen) atoms. The molecule has 1 saturated heterocycles. The van der Waals surface area contributed by atoms with Crippen molar-refractivity contribution >= 4 is 5.78 Å². The fraction of sp³-hybridized carbons (Fsp3) is 0.720. The summed E-state index contributed by atoms with van der Waals surface area (Å²) < 4.78 is 6.00. The van der Waals surface area contributed by atoms with E-state index in [0.29, 0.717) is 24.8 Å². The average molecular weight is 419 g/mol. The maximum atomic E-state index is 13.2. The molecule has 0 saturated carbocycles. The van der Waals surface area contributed by atoms with Crippen molar-refractivity contribution in [1.29, 1.82) is 0 Å². The molecule has 0 radical (unpaired) electrons. The van der Waals surface area contributed by atoms with Gasteiger partial charge in [0.2, 0.25) is 5.78 Å². The number of epoxide rings is 1. The molecule has 0 aromatic heterocycles. The highest BCUT2D eigenvalue weighted by molar-refractivity contribution is 6.01. The number of Topliss-reactive ketones (excluding diaryl/α,β-unsaturated/α-hetero) is 1. The van der Waals surface area contributed by atoms with E-state index in [2.05, 4.69) is 26.0 Å². The molecule has 5 nitrogen and oxygen atoms in total. The second-order valence-electron chi connectivity index (χ2n) is 10.1. The molecular weight excluding hydrogens is 380 g/mol. The third-order valence-electron chi connectivity index (χ3n) is 7.76. The van der Waals surface area contributed by atoms with E-state index in [-0.39, 0.29) is 36.1 Å². The number of ketones is 1. The van der Waals surface area contributed by atoms with Crippen molar-refractivity contribution in [1.82, 2.24) is 0 Å². The van der Waals surface area contributed by atoms with E-state index in [9.17, 15) is 20.1 Å². The minimum atomic E-state index is -0.770. The molecule has 3 aliphatic rings. The first-order chi connectivity index (χ1) is 14.0. The zero-order valence-electron chi connectivity index (χ0n) is 19.1. The third-order valence-corrected chi connectivity index (χ3v) is 7.76. The van der Waals surface area contributed by atoms with E-state index in [0.717, 1.165) is 19.3 Å². The minimum Gasteiger partial charge on any atom is -0.504 e. The summed E-state index contributed by atoms with van der Waals surface area (Å²) >= 11 is 0. The van der Waals surface area contributed by atoms with Gasteiger partial charge in [-0.25, -0.2) is 0 Å². The maximum absolute atomic E-state index is 13.2. The second-order valence-corrected chi connectivity index (χ2v) is 10.1. The van der Waals surface area contributed by atoms with Gasteiger partial charge < -0.3 is 20.1 Å². The zero-order valence-corrected chi connectivity index (χ0v) is 19.1. The predicted molar refractivity (Wildman–Crippen MR) is 117 cm³/mol. The summed E-state index contributed by atoms with van der Waals surface area (Å²) in [6.07, 6.45) is 8.07. The number of ether oxygens (including phenoxy) is 1. The van der Waals surface area contributed by atoms with Crippen LogP contribution in [0.15, 0.2) is 34.6 Å². The highest BCUT2D eigenvalue weighted by atomic mass is 16.6. The Hall–Kier alpha value is -1.43. The fourth-order valence-electron chi connectivity index (χ4n) is 5.21. The lowest BCUT2D eigenvalue weighted by Gasteiger charge is -2.32. The molecule has 0 aromatic carbocycles. The highest BCUT2D eigenvalue weighted by Gasteiger charge is 2.61. The lowest BCUT2D eigenvalue weighted by Crippen LogP contribution is -2.35. The molecule has 5 heteroatoms. The van der Waals surface area contributed by atoms with Crippen molar-refractivity contribution in [2.24, 2.45) is 17.3 Å². The van der Waals surface area contributed by atoms with Crippen LogP contribution in [0.2, 0.25) is 0 Å². The number of carbonyl (C=O) groups is 1. The van der Waals surface area contributed by atoms with Crippen molar-refractivity contribution in [3.63, 3.8) is 0 Å². The average Bonchev–Trinajstić information content (AvgIpc) is 3.33. The van der Waals surface area contributed by atoms with E-state index in [1.807, 2.05) is 20.8 Å². The van der Waals surface area contributed by atoms with Crippen molar-refractivity contribution in [2.75, 3.05) is 6.61 Å². The maximum Gasteiger partial charge on any atom is 0.203 e. The van der Waals surface area contributed by atoms with Crippen LogP contribution >= 0.6 is 0 Å². The van der Waals surface area contributed by atoms with E-state index >= 15 is 0 Å². The zero-order chi connectivity index (χ0) is 22.3. The molecule has 0 bridgehead atoms. The van der Waals surface area contributed by atoms with Crippen molar-refractivity contribution in [2.45, 2.75) is 91.0 Å². The van der Waals surface area contributed by atoms with Gasteiger partial charge in [-0.1, -0.05) is 37.1 Å². The minimum absolute atomic E-state index is 0.121. The Morgan fingerprint density at radius 3 is 2.53 bits per heavy atom. The van der Waals surface area contributed by atoms with Gasteiger partial charge in [-0.2, -0.15) is 0 Å². The van der Waals surface area contributed by atoms with Gasteiger partial charge in [-0.15, -0.1) is 0 Å². The largest absolute Gasteiger partial charge is 0.504 e. The molecular formula is C25H38O5. The Kier molecular flexibility index (Phi) is 6.66. The summed E-state index contributed by atoms with van der Waals surface area (Å²) in [4.78, 5) is 13.2. The number of aliphatic hydroxyl groups excluding tert-OH is 3. The summed E-state index contributed by atoms with van der Waals surface area (Å²) in [5.41, 5.74) is 1.77. The van der Waals surface area contributed by atoms with Gasteiger partial charge in [-0.3, -0.25) is 4.79 Å². The number of carbonyl (C=O) groups excluding carboxylic acids is 1. The van der Waals surface area contributed by atoms with Gasteiger partial charge in [0.05, 0.1) is 12.2 Å². The molecule has 0 aromatic rings. The summed E-state index contributed by atoms with van der Waals surface area (Å²) in [6, 6.07) is 0. The normalized spacial score (nSPS) is 42.8. The number of hydrogen-bond donors (Lipinski definition) is 3. The third kappa shape index (κ3) is 4.17. The summed E-state index contributed by atoms with van der Waals surface area (Å²) in [7, 11) is 0. The Morgan fingerprint density at radius 2 is 1.87 bits per heavy atom. The Bertz CT molecular complexity index is 778. The molecule has 0 spiro atoms. The Morgan fingerprint density at radius 1 is 1.20 bits per heavy atom. The van der Waals surface area contributed by atoms with E-state index in [4.69, 9.17) is 4.74 Å². The van der Waals surface area contributed by atoms with Crippen molar-refractivity contribution in [3.8, 4) is 0 Å². The Labute approximate surface area is 180 Å². The number of rotatable bonds is 2. The molecule has 1 fully saturated rings. The SMILES string of the molecule is C/C1=C\C[C@]2(C)C(=O)C(O)=C([C@H](C)CO)[C@H]2C[C@H]2O[C@]2(C)[C@@H](O)CC/C(C)=C/CC1. The molecule has 168 valence electrons. The molecule has 2 aliphatic carbocycles. The van der Waals surface area contributed by atoms with Gasteiger partial charge in [0.1, 0.15) is 5.60 Å². The summed E-state index contributed by atoms with van der Waals surface area (Å²) in [5.74, 6) is -0.942. The number of aliphatic hydroxyl groups is 3. The first kappa shape index (κ1) is 23.2. The highest BCUT2D eigenvalue weighted by Crippen LogP contribution is 2.55. The smallest absolute Gasteiger partial charge is 0.203 e. The van der Waals surface area contributed by atoms with Gasteiger partial charge in [-0.05, 0) is 70.8 Å². The molecule has 0 amide bonds. The van der Waals surface area contributed by atoms with E-state index in [1.165, 1.54) is 11.1 Å². The van der Waals surface area contributed by atoms with E-state index in [1.54, 1.807) is 0 Å². The molecule has 0 unspecified atom stereocenters. The van der Waals surface area contributed by atoms with Crippen molar-refractivity contribution < 1.29 is 24.9 Å². The van der Waals surface area contributed by atoms with Crippen LogP contribution in [0.1, 0.15) is 73.1 Å². The van der Waals surface area contributed by atoms with Crippen LogP contribution in [0.25, 0.3) is 0 Å². The summed E-state index contributed by atoms with van der Waals surface area (Å²) in [5, 5.41) is 31.3. The molecule has 6 atom stereocenters. The quantitative estimate of drug-likeness (QED) is 0.457. The van der Waals surface area contributed by atoms with Crippen LogP contribution in [-0.2, 0) is 9.53 Å².